The van der Waals surface area contributed by atoms with E-state index in [-0.39, 0.29) is 11.9 Å². The smallest absolute Gasteiger partial charge is 0.276 e. The molecule has 0 bridgehead atoms. The molecule has 1 aliphatic heterocycles. The molecule has 2 aliphatic rings. The first-order chi connectivity index (χ1) is 13.2. The van der Waals surface area contributed by atoms with Crippen molar-refractivity contribution in [2.75, 3.05) is 0 Å². The van der Waals surface area contributed by atoms with Gasteiger partial charge in [-0.05, 0) is 48.8 Å². The Morgan fingerprint density at radius 3 is 2.63 bits per heavy atom. The molecule has 27 heavy (non-hydrogen) atoms. The molecule has 6 nitrogen and oxygen atoms in total. The molecular weight excluding hydrogens is 360 g/mol. The highest BCUT2D eigenvalue weighted by Gasteiger charge is 2.36. The topological polar surface area (TPSA) is 67.3 Å². The number of amides is 1. The Balaban J connectivity index is 1.46. The van der Waals surface area contributed by atoms with Gasteiger partial charge in [-0.1, -0.05) is 31.4 Å². The molecule has 0 atom stereocenters. The minimum Gasteiger partial charge on any atom is -0.438 e. The maximum absolute atomic E-state index is 12.8. The molecule has 138 valence electrons. The van der Waals surface area contributed by atoms with E-state index < -0.39 is 0 Å². The van der Waals surface area contributed by atoms with Crippen molar-refractivity contribution in [1.82, 2.24) is 20.2 Å². The van der Waals surface area contributed by atoms with Crippen LogP contribution >= 0.6 is 12.2 Å². The monoisotopic (exact) mass is 380 g/mol. The average Bonchev–Trinajstić information content (AvgIpc) is 2.98. The standard InChI is InChI=1S/C20H20N4O2S/c25-19-17(23-20(27)24(19)15-4-2-1-3-5-15)12-14-6-8-16(9-7-14)26-18-13-21-10-11-22-18/h6-13,15H,1-5H2,(H,23,27)/b17-12+. The summed E-state index contributed by atoms with van der Waals surface area (Å²) in [6, 6.07) is 7.66. The number of hydrogen-bond acceptors (Lipinski definition) is 5. The molecule has 0 spiro atoms. The van der Waals surface area contributed by atoms with Gasteiger partial charge in [0.25, 0.3) is 5.91 Å². The molecular formula is C20H20N4O2S. The first-order valence-electron chi connectivity index (χ1n) is 9.11. The minimum atomic E-state index is -0.0354. The van der Waals surface area contributed by atoms with E-state index in [0.29, 0.717) is 22.4 Å². The third-order valence-corrected chi connectivity index (χ3v) is 5.10. The lowest BCUT2D eigenvalue weighted by Gasteiger charge is -2.29. The third kappa shape index (κ3) is 3.98. The number of ether oxygens (including phenoxy) is 1. The summed E-state index contributed by atoms with van der Waals surface area (Å²) in [5.41, 5.74) is 1.42. The van der Waals surface area contributed by atoms with Gasteiger partial charge in [0.2, 0.25) is 5.88 Å². The van der Waals surface area contributed by atoms with Gasteiger partial charge in [-0.15, -0.1) is 0 Å². The van der Waals surface area contributed by atoms with Crippen molar-refractivity contribution < 1.29 is 9.53 Å². The lowest BCUT2D eigenvalue weighted by molar-refractivity contribution is -0.124. The number of carbonyl (C=O) groups is 1. The maximum Gasteiger partial charge on any atom is 0.276 e. The fraction of sp³-hybridized carbons (Fsp3) is 0.300. The molecule has 1 aliphatic carbocycles. The molecule has 2 aromatic rings. The molecule has 1 saturated heterocycles. The van der Waals surface area contributed by atoms with Crippen LogP contribution in [0.2, 0.25) is 0 Å². The quantitative estimate of drug-likeness (QED) is 0.645. The Bertz CT molecular complexity index is 861. The molecule has 1 aromatic heterocycles. The van der Waals surface area contributed by atoms with Gasteiger partial charge in [-0.2, -0.15) is 0 Å². The predicted octanol–water partition coefficient (Wildman–Crippen LogP) is 3.66. The number of aromatic nitrogens is 2. The van der Waals surface area contributed by atoms with E-state index in [1.54, 1.807) is 23.5 Å². The zero-order chi connectivity index (χ0) is 18.6. The van der Waals surface area contributed by atoms with E-state index in [9.17, 15) is 4.79 Å². The zero-order valence-electron chi connectivity index (χ0n) is 14.8. The van der Waals surface area contributed by atoms with Crippen LogP contribution in [0.3, 0.4) is 0 Å². The molecule has 1 aromatic carbocycles. The highest BCUT2D eigenvalue weighted by atomic mass is 32.1. The lowest BCUT2D eigenvalue weighted by Crippen LogP contribution is -2.41. The summed E-state index contributed by atoms with van der Waals surface area (Å²) in [7, 11) is 0. The van der Waals surface area contributed by atoms with E-state index in [4.69, 9.17) is 17.0 Å². The number of hydrogen-bond donors (Lipinski definition) is 1. The van der Waals surface area contributed by atoms with Crippen LogP contribution in [-0.4, -0.2) is 31.9 Å². The average molecular weight is 380 g/mol. The van der Waals surface area contributed by atoms with E-state index in [2.05, 4.69) is 15.3 Å². The molecule has 7 heteroatoms. The second-order valence-corrected chi connectivity index (χ2v) is 7.06. The summed E-state index contributed by atoms with van der Waals surface area (Å²) in [5, 5.41) is 3.59. The maximum atomic E-state index is 12.8. The predicted molar refractivity (Wildman–Crippen MR) is 106 cm³/mol. The number of benzene rings is 1. The first-order valence-corrected chi connectivity index (χ1v) is 9.52. The molecule has 1 amide bonds. The Labute approximate surface area is 163 Å². The van der Waals surface area contributed by atoms with Crippen molar-refractivity contribution in [3.8, 4) is 11.6 Å². The first kappa shape index (κ1) is 17.6. The van der Waals surface area contributed by atoms with Crippen molar-refractivity contribution in [2.45, 2.75) is 38.1 Å². The van der Waals surface area contributed by atoms with Crippen LogP contribution in [0.5, 0.6) is 11.6 Å². The van der Waals surface area contributed by atoms with Crippen LogP contribution in [0.15, 0.2) is 48.6 Å². The third-order valence-electron chi connectivity index (χ3n) is 4.80. The Kier molecular flexibility index (Phi) is 5.11. The Morgan fingerprint density at radius 1 is 1.15 bits per heavy atom. The van der Waals surface area contributed by atoms with E-state index in [1.165, 1.54) is 6.42 Å². The number of rotatable bonds is 4. The van der Waals surface area contributed by atoms with Gasteiger partial charge in [-0.25, -0.2) is 4.98 Å². The Morgan fingerprint density at radius 2 is 1.93 bits per heavy atom. The fourth-order valence-corrected chi connectivity index (χ4v) is 3.82. The van der Waals surface area contributed by atoms with Crippen molar-refractivity contribution in [1.29, 1.82) is 0 Å². The molecule has 0 unspecified atom stereocenters. The van der Waals surface area contributed by atoms with Crippen LogP contribution in [0.4, 0.5) is 0 Å². The molecule has 2 heterocycles. The molecule has 4 rings (SSSR count). The van der Waals surface area contributed by atoms with Gasteiger partial charge in [0, 0.05) is 18.4 Å². The van der Waals surface area contributed by atoms with Gasteiger partial charge in [0.15, 0.2) is 5.11 Å². The highest BCUT2D eigenvalue weighted by molar-refractivity contribution is 7.80. The van der Waals surface area contributed by atoms with Crippen LogP contribution in [0, 0.1) is 0 Å². The number of nitrogens with one attached hydrogen (secondary N) is 1. The molecule has 2 fully saturated rings. The summed E-state index contributed by atoms with van der Waals surface area (Å²) >= 11 is 5.41. The SMILES string of the molecule is O=C1/C(=C\c2ccc(Oc3cnccn3)cc2)NC(=S)N1C1CCCCC1. The van der Waals surface area contributed by atoms with Gasteiger partial charge < -0.3 is 10.1 Å². The van der Waals surface area contributed by atoms with Gasteiger partial charge in [-0.3, -0.25) is 14.7 Å². The van der Waals surface area contributed by atoms with E-state index in [0.717, 1.165) is 31.2 Å². The number of nitrogens with zero attached hydrogens (tertiary/aromatic N) is 3. The van der Waals surface area contributed by atoms with Crippen LogP contribution in [0.25, 0.3) is 6.08 Å². The minimum absolute atomic E-state index is 0.0354. The summed E-state index contributed by atoms with van der Waals surface area (Å²) in [6.45, 7) is 0. The number of carbonyl (C=O) groups excluding carboxylic acids is 1. The molecule has 1 saturated carbocycles. The second kappa shape index (κ2) is 7.84. The van der Waals surface area contributed by atoms with E-state index in [1.807, 2.05) is 30.3 Å². The van der Waals surface area contributed by atoms with E-state index >= 15 is 0 Å². The van der Waals surface area contributed by atoms with Crippen LogP contribution in [-0.2, 0) is 4.79 Å². The molecule has 1 N–H and O–H groups in total. The van der Waals surface area contributed by atoms with Crippen molar-refractivity contribution in [3.05, 3.63) is 54.1 Å². The van der Waals surface area contributed by atoms with Crippen LogP contribution < -0.4 is 10.1 Å². The van der Waals surface area contributed by atoms with Crippen molar-refractivity contribution >= 4 is 29.3 Å². The summed E-state index contributed by atoms with van der Waals surface area (Å²) in [5.74, 6) is 1.05. The normalized spacial score (nSPS) is 19.4. The van der Waals surface area contributed by atoms with Crippen LogP contribution in [0.1, 0.15) is 37.7 Å². The lowest BCUT2D eigenvalue weighted by atomic mass is 9.94. The Hall–Kier alpha value is -2.80. The zero-order valence-corrected chi connectivity index (χ0v) is 15.6. The highest BCUT2D eigenvalue weighted by Crippen LogP contribution is 2.27. The fourth-order valence-electron chi connectivity index (χ4n) is 3.48. The second-order valence-electron chi connectivity index (χ2n) is 6.67. The summed E-state index contributed by atoms with van der Waals surface area (Å²) in [6.07, 6.45) is 12.1. The number of thiocarbonyl (C=S) groups is 1. The summed E-state index contributed by atoms with van der Waals surface area (Å²) < 4.78 is 5.63. The van der Waals surface area contributed by atoms with Crippen molar-refractivity contribution in [2.24, 2.45) is 0 Å². The van der Waals surface area contributed by atoms with Gasteiger partial charge in [0.1, 0.15) is 11.4 Å². The summed E-state index contributed by atoms with van der Waals surface area (Å²) in [4.78, 5) is 22.6. The largest absolute Gasteiger partial charge is 0.438 e. The van der Waals surface area contributed by atoms with Crippen molar-refractivity contribution in [3.63, 3.8) is 0 Å². The molecule has 0 radical (unpaired) electrons. The van der Waals surface area contributed by atoms with Gasteiger partial charge >= 0.3 is 0 Å². The van der Waals surface area contributed by atoms with Gasteiger partial charge in [0.05, 0.1) is 6.20 Å².